The number of halogens is 3. The fourth-order valence-electron chi connectivity index (χ4n) is 2.88. The Morgan fingerprint density at radius 1 is 1.03 bits per heavy atom. The van der Waals surface area contributed by atoms with Crippen molar-refractivity contribution in [3.63, 3.8) is 0 Å². The van der Waals surface area contributed by atoms with Crippen LogP contribution < -0.4 is 5.73 Å². The molecule has 0 bridgehead atoms. The van der Waals surface area contributed by atoms with Crippen molar-refractivity contribution in [1.29, 1.82) is 0 Å². The molecule has 0 radical (unpaired) electrons. The van der Waals surface area contributed by atoms with Crippen LogP contribution >= 0.6 is 0 Å². The lowest BCUT2D eigenvalue weighted by atomic mass is 9.94. The van der Waals surface area contributed by atoms with Gasteiger partial charge in [0.05, 0.1) is 21.0 Å². The molecule has 1 aromatic carbocycles. The number of nitrogens with zero attached hydrogens (tertiary/aromatic N) is 2. The fourth-order valence-corrected chi connectivity index (χ4v) is 4.09. The lowest BCUT2D eigenvalue weighted by molar-refractivity contribution is -0.259. The minimum Gasteiger partial charge on any atom is -0.384 e. The number of hydrogen-bond donors (Lipinski definition) is 3. The lowest BCUT2D eigenvalue weighted by Crippen LogP contribution is -2.39. The average Bonchev–Trinajstić information content (AvgIpc) is 2.77. The molecule has 0 aliphatic rings. The molecule has 7 nitrogen and oxygen atoms in total. The number of sulfone groups is 1. The smallest absolute Gasteiger partial charge is 0.384 e. The van der Waals surface area contributed by atoms with Crippen LogP contribution in [0.4, 0.5) is 19.0 Å². The number of aliphatic hydroxyl groups is 2. The van der Waals surface area contributed by atoms with E-state index >= 15 is 0 Å². The minimum absolute atomic E-state index is 0.0151. The number of benzene rings is 1. The molecule has 0 saturated heterocycles. The molecule has 178 valence electrons. The fraction of sp³-hybridized carbons (Fsp3) is 0.217. The maximum Gasteiger partial charge on any atom is 0.421 e. The Kier molecular flexibility index (Phi) is 6.71. The number of pyridine rings is 2. The van der Waals surface area contributed by atoms with Gasteiger partial charge in [0.2, 0.25) is 9.84 Å². The highest BCUT2D eigenvalue weighted by Gasteiger charge is 2.51. The first-order valence-electron chi connectivity index (χ1n) is 9.80. The number of anilines is 1. The third kappa shape index (κ3) is 5.04. The summed E-state index contributed by atoms with van der Waals surface area (Å²) in [5, 5.41) is 19.5. The highest BCUT2D eigenvalue weighted by Crippen LogP contribution is 2.39. The summed E-state index contributed by atoms with van der Waals surface area (Å²) >= 11 is 0. The van der Waals surface area contributed by atoms with Crippen molar-refractivity contribution >= 4 is 15.7 Å². The largest absolute Gasteiger partial charge is 0.421 e. The molecule has 0 amide bonds. The lowest BCUT2D eigenvalue weighted by Gasteiger charge is -2.26. The maximum atomic E-state index is 13.3. The molecular weight excluding hydrogens is 471 g/mol. The zero-order valence-electron chi connectivity index (χ0n) is 18.0. The first-order valence-corrected chi connectivity index (χ1v) is 11.3. The SMILES string of the molecule is C[C@H](O)C#Cc1cc([C@@](C)(O)C(F)(F)F)cnc1-c1ccc(S(=O)(=O)c2ccc(N)nc2)cc1. The van der Waals surface area contributed by atoms with Crippen LogP contribution in [0.5, 0.6) is 0 Å². The Balaban J connectivity index is 2.07. The van der Waals surface area contributed by atoms with Gasteiger partial charge in [0.25, 0.3) is 0 Å². The first kappa shape index (κ1) is 25.2. The zero-order valence-corrected chi connectivity index (χ0v) is 18.8. The van der Waals surface area contributed by atoms with E-state index in [1.54, 1.807) is 0 Å². The quantitative estimate of drug-likeness (QED) is 0.479. The predicted molar refractivity (Wildman–Crippen MR) is 118 cm³/mol. The van der Waals surface area contributed by atoms with Crippen LogP contribution in [0.2, 0.25) is 0 Å². The molecule has 0 fully saturated rings. The van der Waals surface area contributed by atoms with Crippen molar-refractivity contribution in [2.24, 2.45) is 0 Å². The molecule has 0 unspecified atom stereocenters. The summed E-state index contributed by atoms with van der Waals surface area (Å²) in [4.78, 5) is 7.72. The van der Waals surface area contributed by atoms with Gasteiger partial charge in [-0.3, -0.25) is 4.98 Å². The second kappa shape index (κ2) is 9.06. The van der Waals surface area contributed by atoms with E-state index in [9.17, 15) is 31.8 Å². The topological polar surface area (TPSA) is 126 Å². The van der Waals surface area contributed by atoms with Gasteiger partial charge in [-0.25, -0.2) is 13.4 Å². The van der Waals surface area contributed by atoms with Crippen molar-refractivity contribution in [3.8, 4) is 23.1 Å². The number of rotatable bonds is 4. The molecule has 3 rings (SSSR count). The summed E-state index contributed by atoms with van der Waals surface area (Å²) in [5.41, 5.74) is 2.31. The van der Waals surface area contributed by atoms with Crippen LogP contribution in [-0.2, 0) is 15.4 Å². The Morgan fingerprint density at radius 3 is 2.18 bits per heavy atom. The van der Waals surface area contributed by atoms with E-state index in [-0.39, 0.29) is 26.9 Å². The van der Waals surface area contributed by atoms with E-state index < -0.39 is 33.3 Å². The minimum atomic E-state index is -4.96. The number of aromatic nitrogens is 2. The van der Waals surface area contributed by atoms with Gasteiger partial charge in [-0.05, 0) is 44.2 Å². The molecule has 2 atom stereocenters. The van der Waals surface area contributed by atoms with E-state index in [4.69, 9.17) is 5.73 Å². The van der Waals surface area contributed by atoms with E-state index in [0.29, 0.717) is 12.5 Å². The number of hydrogen-bond acceptors (Lipinski definition) is 7. The third-order valence-electron chi connectivity index (χ3n) is 4.93. The van der Waals surface area contributed by atoms with Gasteiger partial charge in [0.1, 0.15) is 11.9 Å². The van der Waals surface area contributed by atoms with Crippen LogP contribution in [0, 0.1) is 11.8 Å². The summed E-state index contributed by atoms with van der Waals surface area (Å²) in [6.07, 6.45) is -4.02. The van der Waals surface area contributed by atoms with Crippen LogP contribution in [0.1, 0.15) is 25.0 Å². The van der Waals surface area contributed by atoms with Gasteiger partial charge < -0.3 is 15.9 Å². The van der Waals surface area contributed by atoms with E-state index in [1.807, 2.05) is 0 Å². The average molecular weight is 491 g/mol. The molecule has 0 aliphatic heterocycles. The molecule has 11 heteroatoms. The number of nitrogens with two attached hydrogens (primary N) is 1. The van der Waals surface area contributed by atoms with E-state index in [0.717, 1.165) is 18.5 Å². The Morgan fingerprint density at radius 2 is 1.65 bits per heavy atom. The molecule has 4 N–H and O–H groups in total. The van der Waals surface area contributed by atoms with Crippen molar-refractivity contribution in [2.75, 3.05) is 5.73 Å². The molecule has 2 aromatic heterocycles. The summed E-state index contributed by atoms with van der Waals surface area (Å²) in [5.74, 6) is 5.18. The standard InChI is InChI=1S/C23H20F3N3O4S/c1-14(30)3-4-16-11-17(22(2,31)23(24,25)26)12-29-21(16)15-5-7-18(8-6-15)34(32,33)19-9-10-20(27)28-13-19/h5-14,30-31H,1-2H3,(H2,27,28)/t14-,22+/m0/s1. The summed E-state index contributed by atoms with van der Waals surface area (Å²) < 4.78 is 65.5. The van der Waals surface area contributed by atoms with Crippen LogP contribution in [0.15, 0.2) is 64.6 Å². The van der Waals surface area contributed by atoms with Gasteiger partial charge in [0, 0.05) is 23.5 Å². The summed E-state index contributed by atoms with van der Waals surface area (Å²) in [7, 11) is -3.89. The molecule has 0 aliphatic carbocycles. The number of nitrogen functional groups attached to an aromatic ring is 1. The van der Waals surface area contributed by atoms with Crippen molar-refractivity contribution in [2.45, 2.75) is 41.5 Å². The highest BCUT2D eigenvalue weighted by atomic mass is 32.2. The predicted octanol–water partition coefficient (Wildman–Crippen LogP) is 3.06. The summed E-state index contributed by atoms with van der Waals surface area (Å²) in [6.45, 7) is 1.98. The first-order chi connectivity index (χ1) is 15.7. The van der Waals surface area contributed by atoms with Gasteiger partial charge in [-0.15, -0.1) is 0 Å². The maximum absolute atomic E-state index is 13.3. The highest BCUT2D eigenvalue weighted by molar-refractivity contribution is 7.91. The third-order valence-corrected chi connectivity index (χ3v) is 6.68. The molecule has 2 heterocycles. The monoisotopic (exact) mass is 491 g/mol. The number of aliphatic hydroxyl groups excluding tert-OH is 1. The van der Waals surface area contributed by atoms with Crippen LogP contribution in [0.25, 0.3) is 11.3 Å². The van der Waals surface area contributed by atoms with Gasteiger partial charge >= 0.3 is 6.18 Å². The second-order valence-electron chi connectivity index (χ2n) is 7.58. The van der Waals surface area contributed by atoms with Gasteiger partial charge in [-0.2, -0.15) is 13.2 Å². The van der Waals surface area contributed by atoms with Crippen LogP contribution in [-0.4, -0.2) is 40.9 Å². The second-order valence-corrected chi connectivity index (χ2v) is 9.53. The van der Waals surface area contributed by atoms with Crippen LogP contribution in [0.3, 0.4) is 0 Å². The normalized spacial score (nSPS) is 14.6. The van der Waals surface area contributed by atoms with E-state index in [2.05, 4.69) is 21.8 Å². The molecule has 0 spiro atoms. The summed E-state index contributed by atoms with van der Waals surface area (Å²) in [6, 6.07) is 9.20. The van der Waals surface area contributed by atoms with Crippen molar-refractivity contribution in [1.82, 2.24) is 9.97 Å². The Labute approximate surface area is 194 Å². The molecular formula is C23H20F3N3O4S. The van der Waals surface area contributed by atoms with Gasteiger partial charge in [0.15, 0.2) is 5.60 Å². The Bertz CT molecular complexity index is 1360. The van der Waals surface area contributed by atoms with Gasteiger partial charge in [-0.1, -0.05) is 24.0 Å². The zero-order chi connectivity index (χ0) is 25.3. The molecule has 3 aromatic rings. The molecule has 34 heavy (non-hydrogen) atoms. The van der Waals surface area contributed by atoms with E-state index in [1.165, 1.54) is 43.3 Å². The molecule has 0 saturated carbocycles. The Hall–Kier alpha value is -3.46. The number of alkyl halides is 3. The van der Waals surface area contributed by atoms with Crippen molar-refractivity contribution in [3.05, 3.63) is 66.0 Å². The van der Waals surface area contributed by atoms with Crippen molar-refractivity contribution < 1.29 is 31.8 Å².